The Labute approximate surface area is 121 Å². The summed E-state index contributed by atoms with van der Waals surface area (Å²) in [7, 11) is 0. The summed E-state index contributed by atoms with van der Waals surface area (Å²) in [4.78, 5) is 13.0. The van der Waals surface area contributed by atoms with E-state index >= 15 is 0 Å². The van der Waals surface area contributed by atoms with Gasteiger partial charge in [-0.2, -0.15) is 11.8 Å². The van der Waals surface area contributed by atoms with Crippen LogP contribution in [0.5, 0.6) is 5.75 Å². The smallest absolute Gasteiger partial charge is 0.304 e. The van der Waals surface area contributed by atoms with Crippen LogP contribution in [-0.4, -0.2) is 45.2 Å². The molecule has 1 aromatic rings. The van der Waals surface area contributed by atoms with E-state index in [-0.39, 0.29) is 18.2 Å². The molecule has 2 rings (SSSR count). The Morgan fingerprint density at radius 1 is 1.53 bits per heavy atom. The van der Waals surface area contributed by atoms with E-state index in [1.165, 1.54) is 0 Å². The summed E-state index contributed by atoms with van der Waals surface area (Å²) >= 11 is 7.68. The van der Waals surface area contributed by atoms with Gasteiger partial charge in [0.15, 0.2) is 0 Å². The maximum atomic E-state index is 10.9. The summed E-state index contributed by atoms with van der Waals surface area (Å²) in [6.45, 7) is 1.54. The molecule has 1 aliphatic heterocycles. The summed E-state index contributed by atoms with van der Waals surface area (Å²) < 4.78 is 0. The summed E-state index contributed by atoms with van der Waals surface area (Å²) in [5.74, 6) is 1.17. The first kappa shape index (κ1) is 14.5. The molecule has 4 nitrogen and oxygen atoms in total. The first-order valence-electron chi connectivity index (χ1n) is 6.07. The van der Waals surface area contributed by atoms with Gasteiger partial charge in [0.1, 0.15) is 5.75 Å². The largest absolute Gasteiger partial charge is 0.506 e. The third kappa shape index (κ3) is 4.03. The van der Waals surface area contributed by atoms with Gasteiger partial charge in [-0.1, -0.05) is 17.7 Å². The van der Waals surface area contributed by atoms with Gasteiger partial charge in [0.25, 0.3) is 0 Å². The second kappa shape index (κ2) is 6.50. The van der Waals surface area contributed by atoms with Gasteiger partial charge in [-0.15, -0.1) is 0 Å². The maximum absolute atomic E-state index is 10.9. The summed E-state index contributed by atoms with van der Waals surface area (Å²) in [5, 5.41) is 18.7. The van der Waals surface area contributed by atoms with Crippen LogP contribution in [0.4, 0.5) is 0 Å². The van der Waals surface area contributed by atoms with E-state index in [0.717, 1.165) is 23.6 Å². The normalized spacial score (nSPS) is 20.4. The summed E-state index contributed by atoms with van der Waals surface area (Å²) in [6.07, 6.45) is 0.165. The molecule has 1 aromatic carbocycles. The predicted octanol–water partition coefficient (Wildman–Crippen LogP) is 2.44. The van der Waals surface area contributed by atoms with Crippen LogP contribution in [0.3, 0.4) is 0 Å². The summed E-state index contributed by atoms with van der Waals surface area (Å²) in [5.41, 5.74) is 0.991. The number of nitrogens with zero attached hydrogens (tertiary/aromatic N) is 1. The predicted molar refractivity (Wildman–Crippen MR) is 76.9 cm³/mol. The van der Waals surface area contributed by atoms with Crippen molar-refractivity contribution in [3.63, 3.8) is 0 Å². The molecule has 1 aliphatic rings. The number of thioether (sulfide) groups is 1. The molecule has 0 spiro atoms. The van der Waals surface area contributed by atoms with Crippen molar-refractivity contribution in [3.05, 3.63) is 28.8 Å². The third-order valence-corrected chi connectivity index (χ3v) is 4.55. The molecule has 0 aromatic heterocycles. The number of hydrogen-bond acceptors (Lipinski definition) is 4. The minimum Gasteiger partial charge on any atom is -0.506 e. The zero-order valence-corrected chi connectivity index (χ0v) is 12.0. The monoisotopic (exact) mass is 301 g/mol. The fourth-order valence-corrected chi connectivity index (χ4v) is 3.50. The lowest BCUT2D eigenvalue weighted by Crippen LogP contribution is -2.42. The van der Waals surface area contributed by atoms with E-state index in [2.05, 4.69) is 4.90 Å². The molecular weight excluding hydrogens is 286 g/mol. The molecule has 6 heteroatoms. The highest BCUT2D eigenvalue weighted by Gasteiger charge is 2.25. The first-order valence-corrected chi connectivity index (χ1v) is 7.60. The van der Waals surface area contributed by atoms with Crippen LogP contribution in [0.2, 0.25) is 5.02 Å². The molecule has 2 N–H and O–H groups in total. The fraction of sp³-hybridized carbons (Fsp3) is 0.462. The number of halogens is 1. The van der Waals surface area contributed by atoms with Crippen LogP contribution in [0, 0.1) is 0 Å². The molecular formula is C13H16ClNO3S. The van der Waals surface area contributed by atoms with Crippen molar-refractivity contribution in [2.45, 2.75) is 19.0 Å². The molecule has 0 bridgehead atoms. The minimum absolute atomic E-state index is 0.0591. The van der Waals surface area contributed by atoms with Crippen molar-refractivity contribution in [1.82, 2.24) is 4.90 Å². The molecule has 1 fully saturated rings. The first-order chi connectivity index (χ1) is 9.06. The average molecular weight is 302 g/mol. The van der Waals surface area contributed by atoms with Crippen LogP contribution in [0.15, 0.2) is 18.2 Å². The molecule has 0 aliphatic carbocycles. The molecule has 0 saturated carbocycles. The number of aliphatic carboxylic acids is 1. The minimum atomic E-state index is -0.763. The Kier molecular flexibility index (Phi) is 4.96. The van der Waals surface area contributed by atoms with Gasteiger partial charge >= 0.3 is 5.97 Å². The van der Waals surface area contributed by atoms with E-state index in [9.17, 15) is 9.90 Å². The molecule has 19 heavy (non-hydrogen) atoms. The molecule has 1 heterocycles. The number of hydrogen-bond donors (Lipinski definition) is 2. The van der Waals surface area contributed by atoms with Gasteiger partial charge in [-0.05, 0) is 17.7 Å². The van der Waals surface area contributed by atoms with Crippen molar-refractivity contribution in [2.75, 3.05) is 18.1 Å². The number of phenols is 1. The number of aromatic hydroxyl groups is 1. The van der Waals surface area contributed by atoms with E-state index in [1.54, 1.807) is 23.9 Å². The standard InChI is InChI=1S/C13H16ClNO3S/c14-11-5-9(1-2-12(11)16)7-15-3-4-19-8-10(15)6-13(17)18/h1-2,5,10,16H,3-4,6-8H2,(H,17,18). The molecule has 1 saturated heterocycles. The van der Waals surface area contributed by atoms with Crippen molar-refractivity contribution in [1.29, 1.82) is 0 Å². The Morgan fingerprint density at radius 2 is 2.32 bits per heavy atom. The quantitative estimate of drug-likeness (QED) is 0.894. The lowest BCUT2D eigenvalue weighted by Gasteiger charge is -2.34. The van der Waals surface area contributed by atoms with Crippen LogP contribution in [-0.2, 0) is 11.3 Å². The Bertz CT molecular complexity index is 469. The number of carbonyl (C=O) groups is 1. The van der Waals surface area contributed by atoms with Crippen molar-refractivity contribution in [3.8, 4) is 5.75 Å². The Morgan fingerprint density at radius 3 is 3.00 bits per heavy atom. The number of phenolic OH excluding ortho intramolecular Hbond substituents is 1. The zero-order valence-electron chi connectivity index (χ0n) is 10.4. The Balaban J connectivity index is 2.06. The highest BCUT2D eigenvalue weighted by molar-refractivity contribution is 7.99. The number of carboxylic acids is 1. The molecule has 1 atom stereocenters. The van der Waals surface area contributed by atoms with Crippen LogP contribution in [0.1, 0.15) is 12.0 Å². The second-order valence-corrected chi connectivity index (χ2v) is 6.14. The van der Waals surface area contributed by atoms with Gasteiger partial charge in [0.2, 0.25) is 0 Å². The molecule has 0 amide bonds. The van der Waals surface area contributed by atoms with E-state index in [1.807, 2.05) is 6.07 Å². The zero-order chi connectivity index (χ0) is 13.8. The number of benzene rings is 1. The van der Waals surface area contributed by atoms with Gasteiger partial charge in [0, 0.05) is 30.6 Å². The lowest BCUT2D eigenvalue weighted by molar-refractivity contribution is -0.138. The number of carboxylic acid groups (broad SMARTS) is 1. The topological polar surface area (TPSA) is 60.8 Å². The third-order valence-electron chi connectivity index (χ3n) is 3.16. The average Bonchev–Trinajstić information content (AvgIpc) is 2.36. The summed E-state index contributed by atoms with van der Waals surface area (Å²) in [6, 6.07) is 5.18. The van der Waals surface area contributed by atoms with Crippen molar-refractivity contribution >= 4 is 29.3 Å². The second-order valence-electron chi connectivity index (χ2n) is 4.58. The Hall–Kier alpha value is -0.910. The van der Waals surface area contributed by atoms with E-state index in [0.29, 0.717) is 11.6 Å². The highest BCUT2D eigenvalue weighted by Crippen LogP contribution is 2.26. The van der Waals surface area contributed by atoms with Crippen LogP contribution >= 0.6 is 23.4 Å². The fourth-order valence-electron chi connectivity index (χ4n) is 2.17. The highest BCUT2D eigenvalue weighted by atomic mass is 35.5. The van der Waals surface area contributed by atoms with Gasteiger partial charge in [-0.3, -0.25) is 9.69 Å². The van der Waals surface area contributed by atoms with Gasteiger partial charge in [0.05, 0.1) is 11.4 Å². The van der Waals surface area contributed by atoms with E-state index in [4.69, 9.17) is 16.7 Å². The van der Waals surface area contributed by atoms with Gasteiger partial charge < -0.3 is 10.2 Å². The lowest BCUT2D eigenvalue weighted by atomic mass is 10.1. The van der Waals surface area contributed by atoms with Crippen LogP contribution in [0.25, 0.3) is 0 Å². The molecule has 1 unspecified atom stereocenters. The van der Waals surface area contributed by atoms with E-state index < -0.39 is 5.97 Å². The van der Waals surface area contributed by atoms with Crippen molar-refractivity contribution in [2.24, 2.45) is 0 Å². The van der Waals surface area contributed by atoms with Crippen molar-refractivity contribution < 1.29 is 15.0 Å². The van der Waals surface area contributed by atoms with Gasteiger partial charge in [-0.25, -0.2) is 0 Å². The number of rotatable bonds is 4. The molecule has 0 radical (unpaired) electrons. The van der Waals surface area contributed by atoms with Crippen LogP contribution < -0.4 is 0 Å². The molecule has 104 valence electrons. The SMILES string of the molecule is O=C(O)CC1CSCCN1Cc1ccc(O)c(Cl)c1. The maximum Gasteiger partial charge on any atom is 0.304 e.